The van der Waals surface area contributed by atoms with Crippen molar-refractivity contribution in [2.75, 3.05) is 6.54 Å². The zero-order valence-corrected chi connectivity index (χ0v) is 9.31. The minimum absolute atomic E-state index is 0.224. The second kappa shape index (κ2) is 10.0. The number of nitrogens with two attached hydrogens (primary N) is 1. The smallest absolute Gasteiger partial charge is 0.0546 e. The van der Waals surface area contributed by atoms with Gasteiger partial charge in [-0.3, -0.25) is 0 Å². The second-order valence-electron chi connectivity index (χ2n) is 3.76. The highest BCUT2D eigenvalue weighted by molar-refractivity contribution is 4.58. The van der Waals surface area contributed by atoms with Crippen LogP contribution in [0.1, 0.15) is 58.8 Å². The van der Waals surface area contributed by atoms with Gasteiger partial charge in [-0.05, 0) is 19.4 Å². The van der Waals surface area contributed by atoms with Gasteiger partial charge in [-0.1, -0.05) is 46.0 Å². The zero-order valence-electron chi connectivity index (χ0n) is 9.31. The lowest BCUT2D eigenvalue weighted by Crippen LogP contribution is -2.37. The van der Waals surface area contributed by atoms with Crippen molar-refractivity contribution in [3.8, 4) is 0 Å². The molecule has 0 aliphatic carbocycles. The number of hydrogen-bond donors (Lipinski definition) is 2. The maximum absolute atomic E-state index is 5.86. The molecule has 13 heavy (non-hydrogen) atoms. The van der Waals surface area contributed by atoms with E-state index < -0.39 is 0 Å². The van der Waals surface area contributed by atoms with Crippen LogP contribution < -0.4 is 11.1 Å². The van der Waals surface area contributed by atoms with Crippen molar-refractivity contribution < 1.29 is 0 Å². The van der Waals surface area contributed by atoms with Crippen LogP contribution in [0.4, 0.5) is 0 Å². The molecule has 0 fully saturated rings. The van der Waals surface area contributed by atoms with E-state index in [1.807, 2.05) is 0 Å². The molecule has 1 unspecified atom stereocenters. The van der Waals surface area contributed by atoms with Gasteiger partial charge in [0.05, 0.1) is 6.17 Å². The highest BCUT2D eigenvalue weighted by Crippen LogP contribution is 1.99. The summed E-state index contributed by atoms with van der Waals surface area (Å²) in [7, 11) is 0. The maximum Gasteiger partial charge on any atom is 0.0546 e. The predicted octanol–water partition coefficient (Wildman–Crippen LogP) is 2.63. The molecule has 0 saturated carbocycles. The molecule has 0 aromatic heterocycles. The monoisotopic (exact) mass is 186 g/mol. The van der Waals surface area contributed by atoms with Crippen LogP contribution in [0.15, 0.2) is 0 Å². The van der Waals surface area contributed by atoms with Gasteiger partial charge in [0.1, 0.15) is 0 Å². The molecular weight excluding hydrogens is 160 g/mol. The van der Waals surface area contributed by atoms with E-state index in [-0.39, 0.29) is 6.17 Å². The minimum atomic E-state index is 0.224. The molecular formula is C11H26N2. The molecule has 1 atom stereocenters. The Morgan fingerprint density at radius 1 is 1.00 bits per heavy atom. The second-order valence-corrected chi connectivity index (χ2v) is 3.76. The summed E-state index contributed by atoms with van der Waals surface area (Å²) in [5.74, 6) is 0. The van der Waals surface area contributed by atoms with Crippen LogP contribution in [0.25, 0.3) is 0 Å². The Bertz CT molecular complexity index is 94.1. The molecule has 0 amide bonds. The summed E-state index contributed by atoms with van der Waals surface area (Å²) >= 11 is 0. The van der Waals surface area contributed by atoms with Crippen molar-refractivity contribution in [2.45, 2.75) is 65.0 Å². The van der Waals surface area contributed by atoms with E-state index in [1.54, 1.807) is 0 Å². The third-order valence-corrected chi connectivity index (χ3v) is 2.31. The van der Waals surface area contributed by atoms with Crippen LogP contribution in [-0.2, 0) is 0 Å². The largest absolute Gasteiger partial charge is 0.316 e. The third-order valence-electron chi connectivity index (χ3n) is 2.31. The van der Waals surface area contributed by atoms with Crippen molar-refractivity contribution >= 4 is 0 Å². The Morgan fingerprint density at radius 2 is 1.69 bits per heavy atom. The number of hydrogen-bond acceptors (Lipinski definition) is 2. The zero-order chi connectivity index (χ0) is 9.94. The summed E-state index contributed by atoms with van der Waals surface area (Å²) < 4.78 is 0. The summed E-state index contributed by atoms with van der Waals surface area (Å²) in [6.45, 7) is 5.53. The molecule has 0 saturated heterocycles. The van der Waals surface area contributed by atoms with Gasteiger partial charge in [0.25, 0.3) is 0 Å². The average molecular weight is 186 g/mol. The van der Waals surface area contributed by atoms with Gasteiger partial charge in [0.15, 0.2) is 0 Å². The van der Waals surface area contributed by atoms with Crippen molar-refractivity contribution in [3.05, 3.63) is 0 Å². The van der Waals surface area contributed by atoms with Gasteiger partial charge in [-0.15, -0.1) is 0 Å². The van der Waals surface area contributed by atoms with E-state index in [0.717, 1.165) is 13.0 Å². The summed E-state index contributed by atoms with van der Waals surface area (Å²) in [6, 6.07) is 0. The first-order valence-corrected chi connectivity index (χ1v) is 5.80. The Hall–Kier alpha value is -0.0800. The molecule has 0 bridgehead atoms. The van der Waals surface area contributed by atoms with Crippen molar-refractivity contribution in [1.29, 1.82) is 0 Å². The van der Waals surface area contributed by atoms with Crippen LogP contribution in [0.2, 0.25) is 0 Å². The highest BCUT2D eigenvalue weighted by atomic mass is 15.0. The van der Waals surface area contributed by atoms with E-state index >= 15 is 0 Å². The van der Waals surface area contributed by atoms with Gasteiger partial charge in [0.2, 0.25) is 0 Å². The fourth-order valence-electron chi connectivity index (χ4n) is 1.37. The lowest BCUT2D eigenvalue weighted by atomic mass is 10.2. The molecule has 0 spiro atoms. The molecule has 0 aliphatic heterocycles. The molecule has 0 radical (unpaired) electrons. The van der Waals surface area contributed by atoms with E-state index in [2.05, 4.69) is 19.2 Å². The lowest BCUT2D eigenvalue weighted by molar-refractivity contribution is 0.465. The molecule has 0 rings (SSSR count). The van der Waals surface area contributed by atoms with Gasteiger partial charge in [-0.25, -0.2) is 0 Å². The third kappa shape index (κ3) is 9.84. The van der Waals surface area contributed by atoms with Crippen LogP contribution >= 0.6 is 0 Å². The summed E-state index contributed by atoms with van der Waals surface area (Å²) in [5, 5.41) is 3.35. The summed E-state index contributed by atoms with van der Waals surface area (Å²) in [4.78, 5) is 0. The Balaban J connectivity index is 3.03. The fraction of sp³-hybridized carbons (Fsp3) is 1.00. The lowest BCUT2D eigenvalue weighted by Gasteiger charge is -2.12. The number of unbranched alkanes of at least 4 members (excludes halogenated alkanes) is 4. The molecule has 3 N–H and O–H groups in total. The number of rotatable bonds is 9. The van der Waals surface area contributed by atoms with Gasteiger partial charge in [0, 0.05) is 0 Å². The van der Waals surface area contributed by atoms with Crippen molar-refractivity contribution in [1.82, 2.24) is 5.32 Å². The van der Waals surface area contributed by atoms with E-state index in [1.165, 1.54) is 38.5 Å². The van der Waals surface area contributed by atoms with E-state index in [9.17, 15) is 0 Å². The summed E-state index contributed by atoms with van der Waals surface area (Å²) in [5.41, 5.74) is 5.86. The first kappa shape index (κ1) is 12.9. The topological polar surface area (TPSA) is 38.0 Å². The minimum Gasteiger partial charge on any atom is -0.316 e. The van der Waals surface area contributed by atoms with Crippen LogP contribution in [0.5, 0.6) is 0 Å². The average Bonchev–Trinajstić information content (AvgIpc) is 2.14. The SMILES string of the molecule is CCCCCCNC(N)CCCC. The standard InChI is InChI=1S/C11H26N2/c1-3-5-7-8-10-13-11(12)9-6-4-2/h11,13H,3-10,12H2,1-2H3. The molecule has 80 valence electrons. The molecule has 0 aromatic rings. The van der Waals surface area contributed by atoms with Gasteiger partial charge < -0.3 is 11.1 Å². The first-order valence-electron chi connectivity index (χ1n) is 5.80. The molecule has 2 heteroatoms. The van der Waals surface area contributed by atoms with E-state index in [0.29, 0.717) is 0 Å². The molecule has 2 nitrogen and oxygen atoms in total. The van der Waals surface area contributed by atoms with Gasteiger partial charge >= 0.3 is 0 Å². The summed E-state index contributed by atoms with van der Waals surface area (Å²) in [6.07, 6.45) is 9.09. The Morgan fingerprint density at radius 3 is 2.31 bits per heavy atom. The Labute approximate surface area is 83.3 Å². The molecule has 0 heterocycles. The normalized spacial score (nSPS) is 13.2. The maximum atomic E-state index is 5.86. The first-order chi connectivity index (χ1) is 6.31. The Kier molecular flexibility index (Phi) is 9.94. The fourth-order valence-corrected chi connectivity index (χ4v) is 1.37. The van der Waals surface area contributed by atoms with Crippen LogP contribution in [0.3, 0.4) is 0 Å². The molecule has 0 aromatic carbocycles. The molecule has 0 aliphatic rings. The van der Waals surface area contributed by atoms with Crippen molar-refractivity contribution in [2.24, 2.45) is 5.73 Å². The predicted molar refractivity (Wildman–Crippen MR) is 59.6 cm³/mol. The van der Waals surface area contributed by atoms with Gasteiger partial charge in [-0.2, -0.15) is 0 Å². The van der Waals surface area contributed by atoms with Crippen LogP contribution in [-0.4, -0.2) is 12.7 Å². The number of nitrogens with one attached hydrogen (secondary N) is 1. The highest BCUT2D eigenvalue weighted by Gasteiger charge is 1.98. The van der Waals surface area contributed by atoms with Crippen molar-refractivity contribution in [3.63, 3.8) is 0 Å². The van der Waals surface area contributed by atoms with E-state index in [4.69, 9.17) is 5.73 Å². The quantitative estimate of drug-likeness (QED) is 0.429. The van der Waals surface area contributed by atoms with Crippen LogP contribution in [0, 0.1) is 0 Å².